The van der Waals surface area contributed by atoms with Gasteiger partial charge in [-0.2, -0.15) is 0 Å². The lowest BCUT2D eigenvalue weighted by Gasteiger charge is -2.22. The molecule has 2 unspecified atom stereocenters. The van der Waals surface area contributed by atoms with Crippen molar-refractivity contribution in [2.24, 2.45) is 5.92 Å². The smallest absolute Gasteiger partial charge is 0.158 e. The summed E-state index contributed by atoms with van der Waals surface area (Å²) in [5, 5.41) is 12.0. The van der Waals surface area contributed by atoms with E-state index in [9.17, 15) is 0 Å². The fraction of sp³-hybridized carbons (Fsp3) is 0.600. The minimum atomic E-state index is -0.103. The van der Waals surface area contributed by atoms with Gasteiger partial charge in [0.05, 0.1) is 18.5 Å². The van der Waals surface area contributed by atoms with Crippen molar-refractivity contribution in [1.82, 2.24) is 20.3 Å². The van der Waals surface area contributed by atoms with Gasteiger partial charge in [0.2, 0.25) is 0 Å². The SMILES string of the molecule is CC(C)C(C)NCc1ccc(-n2cc(COC3CCCCO3)nn2)cc1. The summed E-state index contributed by atoms with van der Waals surface area (Å²) in [5.41, 5.74) is 3.08. The van der Waals surface area contributed by atoms with Crippen LogP contribution in [0.2, 0.25) is 0 Å². The Bertz CT molecular complexity index is 663. The molecule has 2 atom stereocenters. The molecule has 0 aliphatic carbocycles. The van der Waals surface area contributed by atoms with Crippen LogP contribution in [-0.2, 0) is 22.6 Å². The minimum Gasteiger partial charge on any atom is -0.353 e. The number of hydrogen-bond donors (Lipinski definition) is 1. The van der Waals surface area contributed by atoms with Crippen LogP contribution in [0.3, 0.4) is 0 Å². The van der Waals surface area contributed by atoms with Crippen molar-refractivity contribution in [2.45, 2.75) is 65.5 Å². The Morgan fingerprint density at radius 3 is 2.73 bits per heavy atom. The van der Waals surface area contributed by atoms with Crippen molar-refractivity contribution in [1.29, 1.82) is 0 Å². The molecule has 2 heterocycles. The van der Waals surface area contributed by atoms with Gasteiger partial charge < -0.3 is 14.8 Å². The molecule has 1 saturated heterocycles. The molecular weight excluding hydrogens is 328 g/mol. The van der Waals surface area contributed by atoms with Crippen LogP contribution < -0.4 is 5.32 Å². The first kappa shape index (κ1) is 19.0. The highest BCUT2D eigenvalue weighted by atomic mass is 16.7. The highest BCUT2D eigenvalue weighted by Gasteiger charge is 2.15. The quantitative estimate of drug-likeness (QED) is 0.783. The van der Waals surface area contributed by atoms with Crippen LogP contribution in [0.25, 0.3) is 5.69 Å². The van der Waals surface area contributed by atoms with Crippen molar-refractivity contribution >= 4 is 0 Å². The van der Waals surface area contributed by atoms with Gasteiger partial charge in [-0.3, -0.25) is 0 Å². The molecule has 1 aromatic heterocycles. The summed E-state index contributed by atoms with van der Waals surface area (Å²) in [6, 6.07) is 8.90. The Morgan fingerprint density at radius 1 is 1.23 bits per heavy atom. The van der Waals surface area contributed by atoms with Gasteiger partial charge >= 0.3 is 0 Å². The highest BCUT2D eigenvalue weighted by Crippen LogP contribution is 2.16. The molecule has 0 amide bonds. The zero-order valence-electron chi connectivity index (χ0n) is 16.0. The number of aromatic nitrogens is 3. The summed E-state index contributed by atoms with van der Waals surface area (Å²) in [5.74, 6) is 0.629. The number of rotatable bonds is 8. The van der Waals surface area contributed by atoms with Crippen LogP contribution in [0.15, 0.2) is 30.5 Å². The number of ether oxygens (including phenoxy) is 2. The van der Waals surface area contributed by atoms with E-state index in [1.54, 1.807) is 4.68 Å². The molecule has 1 aromatic carbocycles. The standard InChI is InChI=1S/C20H30N4O2/c1-15(2)16(3)21-12-17-7-9-19(10-8-17)24-13-18(22-23-24)14-26-20-6-4-5-11-25-20/h7-10,13,15-16,20-21H,4-6,11-12,14H2,1-3H3. The summed E-state index contributed by atoms with van der Waals surface area (Å²) in [6.07, 6.45) is 5.05. The monoisotopic (exact) mass is 358 g/mol. The molecule has 1 N–H and O–H groups in total. The molecule has 6 heteroatoms. The first-order chi connectivity index (χ1) is 12.6. The van der Waals surface area contributed by atoms with Gasteiger partial charge in [0.1, 0.15) is 5.69 Å². The van der Waals surface area contributed by atoms with E-state index in [0.717, 1.165) is 43.8 Å². The molecule has 0 spiro atoms. The fourth-order valence-electron chi connectivity index (χ4n) is 2.79. The van der Waals surface area contributed by atoms with Gasteiger partial charge in [-0.05, 0) is 49.8 Å². The van der Waals surface area contributed by atoms with E-state index in [4.69, 9.17) is 9.47 Å². The van der Waals surface area contributed by atoms with Gasteiger partial charge in [-0.15, -0.1) is 5.10 Å². The van der Waals surface area contributed by atoms with E-state index in [1.807, 2.05) is 6.20 Å². The second-order valence-corrected chi connectivity index (χ2v) is 7.34. The molecule has 142 valence electrons. The normalized spacial score (nSPS) is 19.0. The predicted octanol–water partition coefficient (Wildman–Crippen LogP) is 3.44. The summed E-state index contributed by atoms with van der Waals surface area (Å²) < 4.78 is 13.1. The Labute approximate surface area is 155 Å². The van der Waals surface area contributed by atoms with Crippen LogP contribution in [0, 0.1) is 5.92 Å². The maximum absolute atomic E-state index is 5.76. The van der Waals surface area contributed by atoms with Crippen LogP contribution in [0.1, 0.15) is 51.3 Å². The van der Waals surface area contributed by atoms with Gasteiger partial charge in [0.15, 0.2) is 6.29 Å². The maximum atomic E-state index is 5.76. The summed E-state index contributed by atoms with van der Waals surface area (Å²) in [4.78, 5) is 0. The van der Waals surface area contributed by atoms with Gasteiger partial charge in [0, 0.05) is 19.2 Å². The molecule has 6 nitrogen and oxygen atoms in total. The maximum Gasteiger partial charge on any atom is 0.158 e. The number of nitrogens with one attached hydrogen (secondary N) is 1. The average Bonchev–Trinajstić information content (AvgIpc) is 3.14. The third-order valence-corrected chi connectivity index (χ3v) is 4.92. The van der Waals surface area contributed by atoms with E-state index in [1.165, 1.54) is 5.56 Å². The van der Waals surface area contributed by atoms with Crippen molar-refractivity contribution in [3.8, 4) is 5.69 Å². The number of benzene rings is 1. The highest BCUT2D eigenvalue weighted by molar-refractivity contribution is 5.33. The molecule has 1 fully saturated rings. The van der Waals surface area contributed by atoms with E-state index in [0.29, 0.717) is 18.6 Å². The second kappa shape index (κ2) is 9.26. The third kappa shape index (κ3) is 5.37. The van der Waals surface area contributed by atoms with Crippen molar-refractivity contribution in [3.05, 3.63) is 41.7 Å². The Morgan fingerprint density at radius 2 is 2.04 bits per heavy atom. The molecule has 3 rings (SSSR count). The molecule has 0 bridgehead atoms. The average molecular weight is 358 g/mol. The molecule has 1 aliphatic rings. The number of nitrogens with zero attached hydrogens (tertiary/aromatic N) is 3. The largest absolute Gasteiger partial charge is 0.353 e. The molecule has 26 heavy (non-hydrogen) atoms. The van der Waals surface area contributed by atoms with Crippen molar-refractivity contribution < 1.29 is 9.47 Å². The fourth-order valence-corrected chi connectivity index (χ4v) is 2.79. The Balaban J connectivity index is 1.51. The molecule has 0 radical (unpaired) electrons. The van der Waals surface area contributed by atoms with Gasteiger partial charge in [-0.25, -0.2) is 4.68 Å². The lowest BCUT2D eigenvalue weighted by atomic mass is 10.1. The molecule has 0 saturated carbocycles. The Kier molecular flexibility index (Phi) is 6.77. The summed E-state index contributed by atoms with van der Waals surface area (Å²) in [7, 11) is 0. The zero-order valence-corrected chi connectivity index (χ0v) is 16.0. The third-order valence-electron chi connectivity index (χ3n) is 4.92. The van der Waals surface area contributed by atoms with Gasteiger partial charge in [0.25, 0.3) is 0 Å². The van der Waals surface area contributed by atoms with E-state index in [2.05, 4.69) is 60.7 Å². The molecule has 2 aromatic rings. The molecular formula is C20H30N4O2. The minimum absolute atomic E-state index is 0.103. The van der Waals surface area contributed by atoms with Crippen molar-refractivity contribution in [3.63, 3.8) is 0 Å². The summed E-state index contributed by atoms with van der Waals surface area (Å²) in [6.45, 7) is 8.77. The van der Waals surface area contributed by atoms with Crippen LogP contribution >= 0.6 is 0 Å². The van der Waals surface area contributed by atoms with Crippen molar-refractivity contribution in [2.75, 3.05) is 6.61 Å². The van der Waals surface area contributed by atoms with E-state index >= 15 is 0 Å². The number of hydrogen-bond acceptors (Lipinski definition) is 5. The summed E-state index contributed by atoms with van der Waals surface area (Å²) >= 11 is 0. The van der Waals surface area contributed by atoms with Gasteiger partial charge in [-0.1, -0.05) is 31.2 Å². The van der Waals surface area contributed by atoms with Crippen LogP contribution in [-0.4, -0.2) is 33.9 Å². The first-order valence-electron chi connectivity index (χ1n) is 9.59. The lowest BCUT2D eigenvalue weighted by molar-refractivity contribution is -0.169. The van der Waals surface area contributed by atoms with Crippen LogP contribution in [0.5, 0.6) is 0 Å². The Hall–Kier alpha value is -1.76. The zero-order chi connectivity index (χ0) is 18.4. The lowest BCUT2D eigenvalue weighted by Crippen LogP contribution is -2.30. The molecule has 1 aliphatic heterocycles. The topological polar surface area (TPSA) is 61.2 Å². The second-order valence-electron chi connectivity index (χ2n) is 7.34. The van der Waals surface area contributed by atoms with E-state index in [-0.39, 0.29) is 6.29 Å². The predicted molar refractivity (Wildman–Crippen MR) is 101 cm³/mol. The van der Waals surface area contributed by atoms with E-state index < -0.39 is 0 Å². The first-order valence-corrected chi connectivity index (χ1v) is 9.59. The van der Waals surface area contributed by atoms with Crippen LogP contribution in [0.4, 0.5) is 0 Å².